The van der Waals surface area contributed by atoms with Crippen molar-refractivity contribution in [3.63, 3.8) is 0 Å². The standard InChI is InChI=1S/C27H40O5/c1-5-6-8-11-20-17-23(29)25(22-16-19(4)12-13-21(22)18(2)3)26(30)24(20)27(31)32-15-10-7-9-14-28/h16-17,21-22,28-30H,2,5-15H2,1,3-4H3/t21-,22+/m0/s1. The lowest BCUT2D eigenvalue weighted by Crippen LogP contribution is -2.19. The molecule has 2 rings (SSSR count). The molecule has 0 spiro atoms. The highest BCUT2D eigenvalue weighted by atomic mass is 16.5. The average Bonchev–Trinajstić information content (AvgIpc) is 2.73. The third-order valence-corrected chi connectivity index (χ3v) is 6.40. The van der Waals surface area contributed by atoms with Crippen LogP contribution in [0.4, 0.5) is 0 Å². The molecule has 0 aliphatic heterocycles. The van der Waals surface area contributed by atoms with Gasteiger partial charge in [-0.25, -0.2) is 4.79 Å². The van der Waals surface area contributed by atoms with Crippen LogP contribution >= 0.6 is 0 Å². The van der Waals surface area contributed by atoms with Crippen molar-refractivity contribution in [1.29, 1.82) is 0 Å². The van der Waals surface area contributed by atoms with Crippen molar-refractivity contribution in [2.75, 3.05) is 13.2 Å². The molecule has 0 fully saturated rings. The minimum Gasteiger partial charge on any atom is -0.507 e. The lowest BCUT2D eigenvalue weighted by atomic mass is 9.73. The van der Waals surface area contributed by atoms with Gasteiger partial charge in [0.15, 0.2) is 0 Å². The Morgan fingerprint density at radius 1 is 1.19 bits per heavy atom. The molecule has 178 valence electrons. The summed E-state index contributed by atoms with van der Waals surface area (Å²) in [5.74, 6) is -0.844. The Kier molecular flexibility index (Phi) is 10.3. The number of carbonyl (C=O) groups excluding carboxylic acids is 1. The number of carbonyl (C=O) groups is 1. The first-order chi connectivity index (χ1) is 15.3. The van der Waals surface area contributed by atoms with E-state index in [2.05, 4.69) is 26.5 Å². The Hall–Kier alpha value is -2.27. The number of aromatic hydroxyl groups is 2. The molecule has 0 bridgehead atoms. The lowest BCUT2D eigenvalue weighted by Gasteiger charge is -2.32. The average molecular weight is 445 g/mol. The Labute approximate surface area is 192 Å². The van der Waals surface area contributed by atoms with Crippen LogP contribution in [-0.4, -0.2) is 34.5 Å². The molecule has 5 heteroatoms. The maximum absolute atomic E-state index is 13.0. The molecule has 0 amide bonds. The second-order valence-corrected chi connectivity index (χ2v) is 9.10. The van der Waals surface area contributed by atoms with E-state index in [1.807, 2.05) is 6.92 Å². The van der Waals surface area contributed by atoms with E-state index < -0.39 is 5.97 Å². The minimum absolute atomic E-state index is 0.0238. The molecule has 0 saturated carbocycles. The predicted octanol–water partition coefficient (Wildman–Crippen LogP) is 6.17. The van der Waals surface area contributed by atoms with Gasteiger partial charge in [0.2, 0.25) is 0 Å². The fourth-order valence-corrected chi connectivity index (χ4v) is 4.58. The van der Waals surface area contributed by atoms with Crippen molar-refractivity contribution >= 4 is 5.97 Å². The third kappa shape index (κ3) is 6.61. The van der Waals surface area contributed by atoms with Crippen LogP contribution in [0, 0.1) is 5.92 Å². The number of hydrogen-bond acceptors (Lipinski definition) is 5. The van der Waals surface area contributed by atoms with E-state index in [4.69, 9.17) is 9.84 Å². The summed E-state index contributed by atoms with van der Waals surface area (Å²) in [4.78, 5) is 13.0. The number of phenolic OH excluding ortho intramolecular Hbond substituents is 2. The Bertz CT molecular complexity index is 824. The summed E-state index contributed by atoms with van der Waals surface area (Å²) >= 11 is 0. The topological polar surface area (TPSA) is 87.0 Å². The van der Waals surface area contributed by atoms with Gasteiger partial charge in [-0.05, 0) is 76.3 Å². The number of ether oxygens (including phenoxy) is 1. The number of allylic oxidation sites excluding steroid dienone is 3. The molecule has 1 aliphatic carbocycles. The highest BCUT2D eigenvalue weighted by Crippen LogP contribution is 2.48. The molecule has 1 aliphatic rings. The van der Waals surface area contributed by atoms with Crippen molar-refractivity contribution in [2.45, 2.75) is 84.5 Å². The fourth-order valence-electron chi connectivity index (χ4n) is 4.58. The quantitative estimate of drug-likeness (QED) is 0.204. The summed E-state index contributed by atoms with van der Waals surface area (Å²) in [6.45, 7) is 10.6. The molecule has 32 heavy (non-hydrogen) atoms. The van der Waals surface area contributed by atoms with Gasteiger partial charge in [-0.2, -0.15) is 0 Å². The number of unbranched alkanes of at least 4 members (excludes halogenated alkanes) is 4. The smallest absolute Gasteiger partial charge is 0.342 e. The van der Waals surface area contributed by atoms with Crippen LogP contribution in [0.25, 0.3) is 0 Å². The second-order valence-electron chi connectivity index (χ2n) is 9.10. The van der Waals surface area contributed by atoms with Gasteiger partial charge in [0.25, 0.3) is 0 Å². The van der Waals surface area contributed by atoms with Crippen LogP contribution in [0.5, 0.6) is 11.5 Å². The van der Waals surface area contributed by atoms with Gasteiger partial charge in [0, 0.05) is 18.1 Å². The molecule has 0 radical (unpaired) electrons. The van der Waals surface area contributed by atoms with Crippen molar-refractivity contribution in [3.8, 4) is 11.5 Å². The molecular formula is C27H40O5. The van der Waals surface area contributed by atoms with Gasteiger partial charge in [0.1, 0.15) is 17.1 Å². The molecule has 0 saturated heterocycles. The van der Waals surface area contributed by atoms with Gasteiger partial charge >= 0.3 is 5.97 Å². The SMILES string of the molecule is C=C(C)[C@@H]1CCC(C)=C[C@H]1c1c(O)cc(CCCCC)c(C(=O)OCCCCCO)c1O. The van der Waals surface area contributed by atoms with Crippen LogP contribution in [0.3, 0.4) is 0 Å². The zero-order valence-corrected chi connectivity index (χ0v) is 20.0. The van der Waals surface area contributed by atoms with Gasteiger partial charge in [0.05, 0.1) is 6.61 Å². The summed E-state index contributed by atoms with van der Waals surface area (Å²) in [5, 5.41) is 31.2. The van der Waals surface area contributed by atoms with Gasteiger partial charge in [-0.15, -0.1) is 0 Å². The van der Waals surface area contributed by atoms with Crippen LogP contribution in [0.1, 0.15) is 99.5 Å². The molecule has 0 aromatic heterocycles. The van der Waals surface area contributed by atoms with Gasteiger partial charge in [-0.1, -0.05) is 43.6 Å². The first-order valence-corrected chi connectivity index (χ1v) is 12.0. The molecule has 0 unspecified atom stereocenters. The molecule has 5 nitrogen and oxygen atoms in total. The number of aliphatic hydroxyl groups is 1. The molecule has 1 aromatic rings. The third-order valence-electron chi connectivity index (χ3n) is 6.40. The number of esters is 1. The number of aliphatic hydroxyl groups excluding tert-OH is 1. The summed E-state index contributed by atoms with van der Waals surface area (Å²) < 4.78 is 5.48. The van der Waals surface area contributed by atoms with Gasteiger partial charge < -0.3 is 20.1 Å². The first kappa shape index (κ1) is 26.0. The molecule has 1 aromatic carbocycles. The Morgan fingerprint density at radius 3 is 2.59 bits per heavy atom. The predicted molar refractivity (Wildman–Crippen MR) is 128 cm³/mol. The summed E-state index contributed by atoms with van der Waals surface area (Å²) in [6.07, 6.45) is 9.52. The number of aryl methyl sites for hydroxylation is 1. The van der Waals surface area contributed by atoms with E-state index in [1.165, 1.54) is 5.57 Å². The van der Waals surface area contributed by atoms with E-state index in [0.717, 1.165) is 44.1 Å². The highest BCUT2D eigenvalue weighted by molar-refractivity contribution is 5.95. The van der Waals surface area contributed by atoms with Crippen LogP contribution in [-0.2, 0) is 11.2 Å². The first-order valence-electron chi connectivity index (χ1n) is 12.0. The van der Waals surface area contributed by atoms with E-state index in [9.17, 15) is 15.0 Å². The summed E-state index contributed by atoms with van der Waals surface area (Å²) in [6, 6.07) is 1.64. The number of benzene rings is 1. The number of phenols is 2. The van der Waals surface area contributed by atoms with E-state index in [-0.39, 0.29) is 42.1 Å². The van der Waals surface area contributed by atoms with E-state index in [0.29, 0.717) is 30.4 Å². The fraction of sp³-hybridized carbons (Fsp3) is 0.593. The minimum atomic E-state index is -0.553. The molecule has 0 heterocycles. The summed E-state index contributed by atoms with van der Waals surface area (Å²) in [5.41, 5.74) is 3.39. The van der Waals surface area contributed by atoms with Crippen LogP contribution in [0.2, 0.25) is 0 Å². The molecule has 3 N–H and O–H groups in total. The number of hydrogen-bond donors (Lipinski definition) is 3. The Morgan fingerprint density at radius 2 is 1.94 bits per heavy atom. The van der Waals surface area contributed by atoms with Gasteiger partial charge in [-0.3, -0.25) is 0 Å². The monoisotopic (exact) mass is 444 g/mol. The largest absolute Gasteiger partial charge is 0.507 e. The van der Waals surface area contributed by atoms with E-state index >= 15 is 0 Å². The molecule has 2 atom stereocenters. The summed E-state index contributed by atoms with van der Waals surface area (Å²) in [7, 11) is 0. The van der Waals surface area contributed by atoms with Crippen LogP contribution in [0.15, 0.2) is 29.9 Å². The van der Waals surface area contributed by atoms with Crippen molar-refractivity contribution in [2.24, 2.45) is 5.92 Å². The van der Waals surface area contributed by atoms with Crippen molar-refractivity contribution in [1.82, 2.24) is 0 Å². The zero-order valence-electron chi connectivity index (χ0n) is 20.0. The van der Waals surface area contributed by atoms with Crippen LogP contribution < -0.4 is 0 Å². The van der Waals surface area contributed by atoms with E-state index in [1.54, 1.807) is 6.07 Å². The van der Waals surface area contributed by atoms with Crippen molar-refractivity contribution in [3.05, 3.63) is 46.6 Å². The second kappa shape index (κ2) is 12.7. The van der Waals surface area contributed by atoms with Crippen molar-refractivity contribution < 1.29 is 24.9 Å². The number of rotatable bonds is 12. The normalized spacial score (nSPS) is 18.3. The lowest BCUT2D eigenvalue weighted by molar-refractivity contribution is 0.0491. The molecular weight excluding hydrogens is 404 g/mol. The Balaban J connectivity index is 2.45. The highest BCUT2D eigenvalue weighted by Gasteiger charge is 2.33. The zero-order chi connectivity index (χ0) is 23.7. The maximum atomic E-state index is 13.0. The maximum Gasteiger partial charge on any atom is 0.342 e.